The molecule has 0 bridgehead atoms. The van der Waals surface area contributed by atoms with Gasteiger partial charge in [0.2, 0.25) is 0 Å². The molecule has 0 N–H and O–H groups in total. The van der Waals surface area contributed by atoms with E-state index in [9.17, 15) is 0 Å². The maximum absolute atomic E-state index is 3.84. The lowest BCUT2D eigenvalue weighted by molar-refractivity contribution is 1.85. The minimum atomic E-state index is -1.25. The van der Waals surface area contributed by atoms with E-state index in [0.717, 1.165) is 0 Å². The molecule has 0 fully saturated rings. The van der Waals surface area contributed by atoms with Crippen molar-refractivity contribution >= 4 is 16.9 Å². The Morgan fingerprint density at radius 3 is 1.92 bits per heavy atom. The third-order valence-electron chi connectivity index (χ3n) is 1.82. The van der Waals surface area contributed by atoms with Crippen molar-refractivity contribution in [2.75, 3.05) is 0 Å². The van der Waals surface area contributed by atoms with Crippen molar-refractivity contribution in [3.05, 3.63) is 48.2 Å². The number of hydrogen-bond donors (Lipinski definition) is 0. The van der Waals surface area contributed by atoms with Gasteiger partial charge in [-0.3, -0.25) is 0 Å². The maximum Gasteiger partial charge on any atom is 0.107 e. The van der Waals surface area contributed by atoms with Crippen molar-refractivity contribution in [2.24, 2.45) is 0 Å². The third kappa shape index (κ3) is 4.31. The molecule has 0 amide bonds. The topological polar surface area (TPSA) is 0 Å². The van der Waals surface area contributed by atoms with E-state index in [4.69, 9.17) is 0 Å². The Hall–Kier alpha value is -0.606. The summed E-state index contributed by atoms with van der Waals surface area (Å²) in [4.78, 5) is 0. The fourth-order valence-corrected chi connectivity index (χ4v) is 4.20. The molecule has 0 saturated heterocycles. The molecule has 0 aromatic carbocycles. The highest BCUT2D eigenvalue weighted by Crippen LogP contribution is 2.05. The molecule has 0 aliphatic carbocycles. The summed E-state index contributed by atoms with van der Waals surface area (Å²) in [6.45, 7) is 16.0. The molecule has 0 aromatic heterocycles. The van der Waals surface area contributed by atoms with E-state index < -0.39 is 16.9 Å². The van der Waals surface area contributed by atoms with Gasteiger partial charge >= 0.3 is 0 Å². The van der Waals surface area contributed by atoms with Crippen molar-refractivity contribution in [3.8, 4) is 0 Å². The molecule has 0 aromatic rings. The first-order valence-electron chi connectivity index (χ1n) is 4.14. The normalized spacial score (nSPS) is 11.9. The van der Waals surface area contributed by atoms with Crippen LogP contribution in [0.5, 0.6) is 0 Å². The van der Waals surface area contributed by atoms with Gasteiger partial charge in [-0.05, 0) is 0 Å². The molecule has 2 heteroatoms. The van der Waals surface area contributed by atoms with E-state index in [1.165, 1.54) is 0 Å². The van der Waals surface area contributed by atoms with Crippen LogP contribution in [0.15, 0.2) is 48.2 Å². The van der Waals surface area contributed by atoms with Gasteiger partial charge in [0.05, 0.1) is 8.07 Å². The van der Waals surface area contributed by atoms with Crippen LogP contribution in [-0.2, 0) is 0 Å². The summed E-state index contributed by atoms with van der Waals surface area (Å²) >= 11 is 0. The molecule has 0 unspecified atom stereocenters. The zero-order valence-corrected chi connectivity index (χ0v) is 10.2. The van der Waals surface area contributed by atoms with Crippen LogP contribution in [0.4, 0.5) is 0 Å². The summed E-state index contributed by atoms with van der Waals surface area (Å²) in [5, 5.41) is 0. The van der Waals surface area contributed by atoms with E-state index in [1.54, 1.807) is 0 Å². The van der Waals surface area contributed by atoms with Crippen LogP contribution < -0.4 is 0 Å². The second-order valence-corrected chi connectivity index (χ2v) is 10.3. The Labute approximate surface area is 78.6 Å². The van der Waals surface area contributed by atoms with Crippen LogP contribution in [0.3, 0.4) is 0 Å². The van der Waals surface area contributed by atoms with Crippen LogP contribution in [0.1, 0.15) is 0 Å². The summed E-state index contributed by atoms with van der Waals surface area (Å²) < 4.78 is 0. The quantitative estimate of drug-likeness (QED) is 0.590. The lowest BCUT2D eigenvalue weighted by Crippen LogP contribution is -2.19. The average molecular weight is 194 g/mol. The van der Waals surface area contributed by atoms with Gasteiger partial charge in [-0.1, -0.05) is 41.6 Å². The molecule has 66 valence electrons. The number of hydrogen-bond acceptors (Lipinski definition) is 0. The molecule has 0 spiro atoms. The Balaban J connectivity index is 4.30. The highest BCUT2D eigenvalue weighted by Gasteiger charge is 2.10. The summed E-state index contributed by atoms with van der Waals surface area (Å²) in [5.74, 6) is 0. The predicted octanol–water partition coefficient (Wildman–Crippen LogP) is 2.73. The first-order valence-corrected chi connectivity index (χ1v) is 9.29. The first-order chi connectivity index (χ1) is 5.55. The molecule has 0 radical (unpaired) electrons. The van der Waals surface area contributed by atoms with Crippen LogP contribution in [-0.4, -0.2) is 16.9 Å². The fourth-order valence-electron chi connectivity index (χ4n) is 0.681. The summed E-state index contributed by atoms with van der Waals surface area (Å²) in [5.41, 5.74) is 10.7. The Morgan fingerprint density at radius 2 is 1.58 bits per heavy atom. The minimum Gasteiger partial charge on any atom is -0.107 e. The maximum atomic E-state index is 3.84. The molecular weight excluding hydrogens is 176 g/mol. The zero-order valence-electron chi connectivity index (χ0n) is 8.09. The van der Waals surface area contributed by atoms with Crippen LogP contribution in [0.2, 0.25) is 13.1 Å². The van der Waals surface area contributed by atoms with E-state index in [2.05, 4.69) is 49.9 Å². The van der Waals surface area contributed by atoms with Crippen molar-refractivity contribution in [2.45, 2.75) is 13.1 Å². The van der Waals surface area contributed by atoms with Crippen LogP contribution in [0, 0.1) is 0 Å². The Kier molecular flexibility index (Phi) is 4.85. The third-order valence-corrected chi connectivity index (χ3v) is 6.03. The van der Waals surface area contributed by atoms with E-state index >= 15 is 0 Å². The Morgan fingerprint density at radius 1 is 1.08 bits per heavy atom. The van der Waals surface area contributed by atoms with E-state index in [-0.39, 0.29) is 0 Å². The zero-order chi connectivity index (χ0) is 9.61. The van der Waals surface area contributed by atoms with Crippen molar-refractivity contribution in [1.29, 1.82) is 0 Å². The molecule has 0 saturated carbocycles. The lowest BCUT2D eigenvalue weighted by Gasteiger charge is -2.10. The van der Waals surface area contributed by atoms with Crippen molar-refractivity contribution in [1.82, 2.24) is 0 Å². The van der Waals surface area contributed by atoms with Gasteiger partial charge in [0.1, 0.15) is 8.80 Å². The summed E-state index contributed by atoms with van der Waals surface area (Å²) in [6.07, 6.45) is 0. The van der Waals surface area contributed by atoms with Gasteiger partial charge in [-0.25, -0.2) is 0 Å². The predicted molar refractivity (Wildman–Crippen MR) is 64.4 cm³/mol. The molecule has 0 atom stereocenters. The molecule has 0 aliphatic heterocycles. The van der Waals surface area contributed by atoms with E-state index in [0.29, 0.717) is 0 Å². The summed E-state index contributed by atoms with van der Waals surface area (Å²) in [6, 6.07) is 0. The Bertz CT molecular complexity index is 194. The van der Waals surface area contributed by atoms with Gasteiger partial charge in [-0.2, -0.15) is 0 Å². The van der Waals surface area contributed by atoms with Gasteiger partial charge in [-0.15, -0.1) is 19.7 Å². The molecule has 0 heterocycles. The smallest absolute Gasteiger partial charge is 0.107 e. The van der Waals surface area contributed by atoms with E-state index in [1.807, 2.05) is 11.4 Å². The molecular formula is C10H18Si2. The van der Waals surface area contributed by atoms with Gasteiger partial charge in [0.25, 0.3) is 0 Å². The second-order valence-electron chi connectivity index (χ2n) is 3.43. The van der Waals surface area contributed by atoms with Crippen molar-refractivity contribution in [3.63, 3.8) is 0 Å². The SMILES string of the molecule is C=C[SiH](C=C)C=C[Si](C)(C)C=C. The summed E-state index contributed by atoms with van der Waals surface area (Å²) in [7, 11) is -2.22. The van der Waals surface area contributed by atoms with Gasteiger partial charge in [0, 0.05) is 0 Å². The highest BCUT2D eigenvalue weighted by molar-refractivity contribution is 6.88. The van der Waals surface area contributed by atoms with Gasteiger partial charge in [0.15, 0.2) is 0 Å². The molecule has 12 heavy (non-hydrogen) atoms. The molecule has 0 rings (SSSR count). The molecule has 0 aliphatic rings. The second kappa shape index (κ2) is 5.11. The fraction of sp³-hybridized carbons (Fsp3) is 0.200. The monoisotopic (exact) mass is 194 g/mol. The lowest BCUT2D eigenvalue weighted by atomic mass is 11.2. The van der Waals surface area contributed by atoms with Crippen LogP contribution >= 0.6 is 0 Å². The van der Waals surface area contributed by atoms with Crippen LogP contribution in [0.25, 0.3) is 0 Å². The van der Waals surface area contributed by atoms with Crippen molar-refractivity contribution < 1.29 is 0 Å². The standard InChI is InChI=1S/C10H18Si2/c1-6-11(7-2)9-10-12(4,5)8-3/h6-11H,1-3H2,4-5H3. The van der Waals surface area contributed by atoms with Gasteiger partial charge < -0.3 is 0 Å². The number of rotatable bonds is 5. The first kappa shape index (κ1) is 11.4. The molecule has 0 nitrogen and oxygen atoms in total. The largest absolute Gasteiger partial charge is 0.107 e. The average Bonchev–Trinajstić information content (AvgIpc) is 2.06. The highest BCUT2D eigenvalue weighted by atomic mass is 28.3. The minimum absolute atomic E-state index is 0.972.